The molecule has 2 heteroatoms. The SMILES string of the molecule is C=C(C)CC(C)(O)c1coc2ccccc12. The van der Waals surface area contributed by atoms with Crippen LogP contribution in [0.25, 0.3) is 11.0 Å². The fraction of sp³-hybridized carbons (Fsp3) is 0.286. The zero-order chi connectivity index (χ0) is 11.8. The summed E-state index contributed by atoms with van der Waals surface area (Å²) >= 11 is 0. The van der Waals surface area contributed by atoms with E-state index in [0.717, 1.165) is 22.1 Å². The number of para-hydroxylation sites is 1. The van der Waals surface area contributed by atoms with Crippen molar-refractivity contribution in [3.63, 3.8) is 0 Å². The molecule has 0 spiro atoms. The smallest absolute Gasteiger partial charge is 0.134 e. The summed E-state index contributed by atoms with van der Waals surface area (Å²) in [6, 6.07) is 7.72. The van der Waals surface area contributed by atoms with Crippen LogP contribution in [0.4, 0.5) is 0 Å². The summed E-state index contributed by atoms with van der Waals surface area (Å²) in [6.45, 7) is 7.54. The van der Waals surface area contributed by atoms with Crippen molar-refractivity contribution in [2.75, 3.05) is 0 Å². The molecule has 1 atom stereocenters. The molecule has 1 heterocycles. The standard InChI is InChI=1S/C14H16O2/c1-10(2)8-14(3,15)12-9-16-13-7-5-4-6-11(12)13/h4-7,9,15H,1,8H2,2-3H3. The van der Waals surface area contributed by atoms with E-state index in [1.165, 1.54) is 0 Å². The molecular formula is C14H16O2. The molecule has 0 aliphatic carbocycles. The molecule has 0 aliphatic heterocycles. The summed E-state index contributed by atoms with van der Waals surface area (Å²) in [6.07, 6.45) is 2.17. The van der Waals surface area contributed by atoms with E-state index >= 15 is 0 Å². The first-order valence-corrected chi connectivity index (χ1v) is 5.34. The number of rotatable bonds is 3. The molecule has 1 aromatic carbocycles. The maximum atomic E-state index is 10.4. The molecule has 84 valence electrons. The Morgan fingerprint density at radius 3 is 2.81 bits per heavy atom. The number of benzene rings is 1. The second kappa shape index (κ2) is 3.80. The summed E-state index contributed by atoms with van der Waals surface area (Å²) in [5, 5.41) is 11.4. The third kappa shape index (κ3) is 1.89. The summed E-state index contributed by atoms with van der Waals surface area (Å²) in [5.41, 5.74) is 1.67. The maximum absolute atomic E-state index is 10.4. The van der Waals surface area contributed by atoms with Gasteiger partial charge in [0.1, 0.15) is 5.58 Å². The van der Waals surface area contributed by atoms with Gasteiger partial charge in [-0.1, -0.05) is 23.8 Å². The van der Waals surface area contributed by atoms with E-state index in [4.69, 9.17) is 4.42 Å². The van der Waals surface area contributed by atoms with Crippen molar-refractivity contribution < 1.29 is 9.52 Å². The minimum Gasteiger partial charge on any atom is -0.464 e. The number of aliphatic hydroxyl groups is 1. The van der Waals surface area contributed by atoms with E-state index < -0.39 is 5.60 Å². The Kier molecular flexibility index (Phi) is 2.60. The van der Waals surface area contributed by atoms with Gasteiger partial charge < -0.3 is 9.52 Å². The van der Waals surface area contributed by atoms with E-state index in [2.05, 4.69) is 6.58 Å². The molecule has 2 rings (SSSR count). The Morgan fingerprint density at radius 2 is 2.12 bits per heavy atom. The van der Waals surface area contributed by atoms with Crippen molar-refractivity contribution in [2.24, 2.45) is 0 Å². The molecular weight excluding hydrogens is 200 g/mol. The van der Waals surface area contributed by atoms with Crippen LogP contribution in [0.1, 0.15) is 25.8 Å². The van der Waals surface area contributed by atoms with Gasteiger partial charge in [0, 0.05) is 17.4 Å². The Labute approximate surface area is 95.2 Å². The van der Waals surface area contributed by atoms with Gasteiger partial charge in [0.15, 0.2) is 0 Å². The highest BCUT2D eigenvalue weighted by Crippen LogP contribution is 2.34. The maximum Gasteiger partial charge on any atom is 0.134 e. The van der Waals surface area contributed by atoms with Gasteiger partial charge in [-0.25, -0.2) is 0 Å². The molecule has 0 amide bonds. The fourth-order valence-electron chi connectivity index (χ4n) is 2.08. The van der Waals surface area contributed by atoms with Gasteiger partial charge in [0.2, 0.25) is 0 Å². The van der Waals surface area contributed by atoms with Crippen LogP contribution in [0.5, 0.6) is 0 Å². The molecule has 1 unspecified atom stereocenters. The van der Waals surface area contributed by atoms with Crippen LogP contribution in [-0.4, -0.2) is 5.11 Å². The van der Waals surface area contributed by atoms with E-state index in [-0.39, 0.29) is 0 Å². The highest BCUT2D eigenvalue weighted by atomic mass is 16.3. The first-order chi connectivity index (χ1) is 7.50. The molecule has 1 aromatic heterocycles. The second-order valence-electron chi connectivity index (χ2n) is 4.55. The lowest BCUT2D eigenvalue weighted by Crippen LogP contribution is -2.20. The van der Waals surface area contributed by atoms with Crippen LogP contribution < -0.4 is 0 Å². The van der Waals surface area contributed by atoms with Gasteiger partial charge in [-0.15, -0.1) is 6.58 Å². The molecule has 1 N–H and O–H groups in total. The van der Waals surface area contributed by atoms with Gasteiger partial charge in [-0.05, 0) is 19.9 Å². The fourth-order valence-corrected chi connectivity index (χ4v) is 2.08. The lowest BCUT2D eigenvalue weighted by molar-refractivity contribution is 0.0585. The summed E-state index contributed by atoms with van der Waals surface area (Å²) in [4.78, 5) is 0. The van der Waals surface area contributed by atoms with Crippen molar-refractivity contribution in [2.45, 2.75) is 25.9 Å². The van der Waals surface area contributed by atoms with Crippen LogP contribution in [-0.2, 0) is 5.60 Å². The van der Waals surface area contributed by atoms with Crippen LogP contribution in [0.3, 0.4) is 0 Å². The molecule has 0 saturated heterocycles. The average molecular weight is 216 g/mol. The Morgan fingerprint density at radius 1 is 1.44 bits per heavy atom. The van der Waals surface area contributed by atoms with Crippen LogP contribution in [0.2, 0.25) is 0 Å². The average Bonchev–Trinajstić information content (AvgIpc) is 2.59. The third-order valence-electron chi connectivity index (χ3n) is 2.71. The van der Waals surface area contributed by atoms with Crippen LogP contribution in [0, 0.1) is 0 Å². The lowest BCUT2D eigenvalue weighted by atomic mass is 9.89. The number of hydrogen-bond acceptors (Lipinski definition) is 2. The second-order valence-corrected chi connectivity index (χ2v) is 4.55. The number of fused-ring (bicyclic) bond motifs is 1. The summed E-state index contributed by atoms with van der Waals surface area (Å²) in [5.74, 6) is 0. The lowest BCUT2D eigenvalue weighted by Gasteiger charge is -2.22. The van der Waals surface area contributed by atoms with Gasteiger partial charge >= 0.3 is 0 Å². The quantitative estimate of drug-likeness (QED) is 0.795. The third-order valence-corrected chi connectivity index (χ3v) is 2.71. The van der Waals surface area contributed by atoms with E-state index in [9.17, 15) is 5.11 Å². The molecule has 16 heavy (non-hydrogen) atoms. The van der Waals surface area contributed by atoms with Gasteiger partial charge in [-0.2, -0.15) is 0 Å². The molecule has 2 nitrogen and oxygen atoms in total. The van der Waals surface area contributed by atoms with E-state index in [1.807, 2.05) is 31.2 Å². The van der Waals surface area contributed by atoms with Crippen molar-refractivity contribution >= 4 is 11.0 Å². The number of hydrogen-bond donors (Lipinski definition) is 1. The number of furan rings is 1. The molecule has 0 fully saturated rings. The first kappa shape index (κ1) is 11.0. The monoisotopic (exact) mass is 216 g/mol. The molecule has 0 radical (unpaired) electrons. The highest BCUT2D eigenvalue weighted by Gasteiger charge is 2.27. The zero-order valence-corrected chi connectivity index (χ0v) is 9.66. The van der Waals surface area contributed by atoms with Crippen molar-refractivity contribution in [1.29, 1.82) is 0 Å². The van der Waals surface area contributed by atoms with Crippen molar-refractivity contribution in [3.8, 4) is 0 Å². The van der Waals surface area contributed by atoms with Crippen LogP contribution >= 0.6 is 0 Å². The normalized spacial score (nSPS) is 14.9. The zero-order valence-electron chi connectivity index (χ0n) is 9.66. The Bertz CT molecular complexity index is 520. The van der Waals surface area contributed by atoms with Crippen molar-refractivity contribution in [3.05, 3.63) is 48.2 Å². The molecule has 0 aliphatic rings. The molecule has 2 aromatic rings. The Hall–Kier alpha value is -1.54. The van der Waals surface area contributed by atoms with Gasteiger partial charge in [0.25, 0.3) is 0 Å². The Balaban J connectivity index is 2.50. The summed E-state index contributed by atoms with van der Waals surface area (Å²) in [7, 11) is 0. The predicted octanol–water partition coefficient (Wildman–Crippen LogP) is 3.61. The largest absolute Gasteiger partial charge is 0.464 e. The minimum absolute atomic E-state index is 0.538. The predicted molar refractivity (Wildman–Crippen MR) is 65.2 cm³/mol. The van der Waals surface area contributed by atoms with Crippen molar-refractivity contribution in [1.82, 2.24) is 0 Å². The van der Waals surface area contributed by atoms with E-state index in [1.54, 1.807) is 13.2 Å². The van der Waals surface area contributed by atoms with Gasteiger partial charge in [-0.3, -0.25) is 0 Å². The molecule has 0 bridgehead atoms. The van der Waals surface area contributed by atoms with Gasteiger partial charge in [0.05, 0.1) is 11.9 Å². The summed E-state index contributed by atoms with van der Waals surface area (Å²) < 4.78 is 5.43. The minimum atomic E-state index is -0.918. The highest BCUT2D eigenvalue weighted by molar-refractivity contribution is 5.81. The topological polar surface area (TPSA) is 33.4 Å². The molecule has 0 saturated carbocycles. The van der Waals surface area contributed by atoms with Crippen LogP contribution in [0.15, 0.2) is 47.1 Å². The first-order valence-electron chi connectivity index (χ1n) is 5.34. The van der Waals surface area contributed by atoms with E-state index in [0.29, 0.717) is 6.42 Å².